The van der Waals surface area contributed by atoms with Crippen LogP contribution in [0.3, 0.4) is 0 Å². The van der Waals surface area contributed by atoms with Gasteiger partial charge in [-0.15, -0.1) is 0 Å². The van der Waals surface area contributed by atoms with Crippen molar-refractivity contribution in [1.82, 2.24) is 0 Å². The second-order valence-electron chi connectivity index (χ2n) is 0. The van der Waals surface area contributed by atoms with Gasteiger partial charge in [0.05, 0.1) is 0 Å². The van der Waals surface area contributed by atoms with Gasteiger partial charge in [0.2, 0.25) is 0 Å². The molecule has 0 N–H and O–H groups in total. The van der Waals surface area contributed by atoms with Crippen LogP contribution < -0.4 is 0 Å². The van der Waals surface area contributed by atoms with Crippen LogP contribution in [0.1, 0.15) is 0 Å². The molecule has 0 fully saturated rings. The van der Waals surface area contributed by atoms with Gasteiger partial charge in [-0.2, -0.15) is 0 Å². The molecule has 0 rings (SSSR count). The van der Waals surface area contributed by atoms with Gasteiger partial charge in [0.15, 0.2) is 0 Å². The van der Waals surface area contributed by atoms with Gasteiger partial charge < -0.3 is 17.1 Å². The molecular formula is Ag2GaSe+3. The molecule has 0 heterocycles. The summed E-state index contributed by atoms with van der Waals surface area (Å²) in [6, 6.07) is 0. The zero-order valence-electron chi connectivity index (χ0n) is 1.59. The van der Waals surface area contributed by atoms with Gasteiger partial charge in [0.25, 0.3) is 0 Å². The Hall–Kier alpha value is 2.64. The van der Waals surface area contributed by atoms with Crippen molar-refractivity contribution in [2.75, 3.05) is 0 Å². The summed E-state index contributed by atoms with van der Waals surface area (Å²) in [4.78, 5) is 0. The minimum Gasteiger partial charge on any atom is -2.00 e. The predicted octanol–water partition coefficient (Wildman–Crippen LogP) is -0.767. The standard InChI is InChI=1S/2Ag.Ga.Se/q2*+1;+3;-2. The molecule has 0 nitrogen and oxygen atoms in total. The van der Waals surface area contributed by atoms with E-state index in [0.717, 1.165) is 0 Å². The van der Waals surface area contributed by atoms with Crippen molar-refractivity contribution >= 4 is 36.9 Å². The fourth-order valence-electron chi connectivity index (χ4n) is 0. The van der Waals surface area contributed by atoms with Crippen LogP contribution in [-0.2, 0) is 44.8 Å². The predicted molar refractivity (Wildman–Crippen MR) is 11.5 cm³/mol. The SMILES string of the molecule is [Ag+].[Ag+].[Ga+3].[Se-2]. The zero-order valence-corrected chi connectivity index (χ0v) is 8.69. The largest absolute Gasteiger partial charge is 3.00 e. The Balaban J connectivity index is 0. The monoisotopic (exact) mass is 363 g/mol. The molecule has 0 spiro atoms. The molecule has 4 heteroatoms. The number of hydrogen-bond acceptors (Lipinski definition) is 0. The van der Waals surface area contributed by atoms with E-state index >= 15 is 0 Å². The first-order chi connectivity index (χ1) is 0. The van der Waals surface area contributed by atoms with Crippen molar-refractivity contribution in [3.8, 4) is 0 Å². The van der Waals surface area contributed by atoms with E-state index < -0.39 is 0 Å². The van der Waals surface area contributed by atoms with E-state index in [4.69, 9.17) is 0 Å². The first-order valence-corrected chi connectivity index (χ1v) is 0. The van der Waals surface area contributed by atoms with E-state index in [-0.39, 0.29) is 81.6 Å². The van der Waals surface area contributed by atoms with Crippen molar-refractivity contribution in [3.05, 3.63) is 0 Å². The Bertz CT molecular complexity index is 6.00. The Morgan fingerprint density at radius 3 is 0.750 bits per heavy atom. The van der Waals surface area contributed by atoms with Crippen molar-refractivity contribution < 1.29 is 44.8 Å². The Labute approximate surface area is 80.4 Å². The third kappa shape index (κ3) is 8.82. The second-order valence-corrected chi connectivity index (χ2v) is 0. The summed E-state index contributed by atoms with van der Waals surface area (Å²) in [5, 5.41) is 0. The molecular weight excluding hydrogens is 364 g/mol. The molecule has 0 aliphatic heterocycles. The average Bonchev–Trinajstić information content (AvgIpc) is 0. The van der Waals surface area contributed by atoms with Gasteiger partial charge in [-0.1, -0.05) is 0 Å². The third-order valence-electron chi connectivity index (χ3n) is 0. The topological polar surface area (TPSA) is 0 Å². The molecule has 0 aromatic carbocycles. The summed E-state index contributed by atoms with van der Waals surface area (Å²) < 4.78 is 0. The van der Waals surface area contributed by atoms with E-state index in [0.29, 0.717) is 0 Å². The minimum atomic E-state index is 0. The Morgan fingerprint density at radius 1 is 0.750 bits per heavy atom. The van der Waals surface area contributed by atoms with E-state index in [1.165, 1.54) is 0 Å². The second kappa shape index (κ2) is 17.4. The molecule has 0 saturated carbocycles. The third-order valence-corrected chi connectivity index (χ3v) is 0. The summed E-state index contributed by atoms with van der Waals surface area (Å²) in [6.45, 7) is 0. The molecule has 0 aliphatic rings. The van der Waals surface area contributed by atoms with E-state index in [2.05, 4.69) is 0 Å². The van der Waals surface area contributed by atoms with Crippen molar-refractivity contribution in [1.29, 1.82) is 0 Å². The van der Waals surface area contributed by atoms with Crippen LogP contribution >= 0.6 is 0 Å². The van der Waals surface area contributed by atoms with Gasteiger partial charge in [-0.05, 0) is 0 Å². The van der Waals surface area contributed by atoms with Crippen molar-refractivity contribution in [3.63, 3.8) is 0 Å². The summed E-state index contributed by atoms with van der Waals surface area (Å²) in [6.07, 6.45) is 0. The fourth-order valence-corrected chi connectivity index (χ4v) is 0. The van der Waals surface area contributed by atoms with Crippen LogP contribution in [0.15, 0.2) is 0 Å². The van der Waals surface area contributed by atoms with Crippen molar-refractivity contribution in [2.24, 2.45) is 0 Å². The van der Waals surface area contributed by atoms with Crippen LogP contribution in [-0.4, -0.2) is 36.9 Å². The number of rotatable bonds is 0. The van der Waals surface area contributed by atoms with E-state index in [1.54, 1.807) is 0 Å². The summed E-state index contributed by atoms with van der Waals surface area (Å²) in [5.41, 5.74) is 0. The molecule has 0 aliphatic carbocycles. The average molecular weight is 364 g/mol. The molecule has 0 atom stereocenters. The van der Waals surface area contributed by atoms with Crippen LogP contribution in [0.25, 0.3) is 0 Å². The molecule has 0 aromatic heterocycles. The summed E-state index contributed by atoms with van der Waals surface area (Å²) in [5.74, 6) is 0. The van der Waals surface area contributed by atoms with Crippen LogP contribution in [0.2, 0.25) is 0 Å². The molecule has 0 unspecified atom stereocenters. The molecule has 28 valence electrons. The van der Waals surface area contributed by atoms with Crippen LogP contribution in [0.4, 0.5) is 0 Å². The zero-order chi connectivity index (χ0) is 0. The van der Waals surface area contributed by atoms with E-state index in [9.17, 15) is 0 Å². The van der Waals surface area contributed by atoms with Gasteiger partial charge in [-0.3, -0.25) is 0 Å². The smallest absolute Gasteiger partial charge is 2.00 e. The van der Waals surface area contributed by atoms with Crippen molar-refractivity contribution in [2.45, 2.75) is 0 Å². The van der Waals surface area contributed by atoms with Crippen LogP contribution in [0.5, 0.6) is 0 Å². The minimum absolute atomic E-state index is 0. The normalized spacial score (nSPS) is 0. The van der Waals surface area contributed by atoms with Crippen LogP contribution in [0, 0.1) is 0 Å². The molecule has 0 bridgehead atoms. The van der Waals surface area contributed by atoms with Gasteiger partial charge in [0, 0.05) is 0 Å². The maximum Gasteiger partial charge on any atom is 3.00 e. The fraction of sp³-hybridized carbons (Fsp3) is 0. The van der Waals surface area contributed by atoms with Gasteiger partial charge >= 0.3 is 64.6 Å². The molecule has 4 heavy (non-hydrogen) atoms. The first kappa shape index (κ1) is 30.3. The molecule has 0 radical (unpaired) electrons. The first-order valence-electron chi connectivity index (χ1n) is 0. The Kier molecular flexibility index (Phi) is 132. The molecule has 0 aromatic rings. The summed E-state index contributed by atoms with van der Waals surface area (Å²) in [7, 11) is 0. The molecule has 0 saturated heterocycles. The Morgan fingerprint density at radius 2 is 0.750 bits per heavy atom. The maximum atomic E-state index is 0. The number of hydrogen-bond donors (Lipinski definition) is 0. The quantitative estimate of drug-likeness (QED) is 0.496. The molecule has 0 amide bonds. The summed E-state index contributed by atoms with van der Waals surface area (Å²) >= 11 is 0. The maximum absolute atomic E-state index is 0. The van der Waals surface area contributed by atoms with E-state index in [1.807, 2.05) is 0 Å². The van der Waals surface area contributed by atoms with Gasteiger partial charge in [0.1, 0.15) is 0 Å². The van der Waals surface area contributed by atoms with Gasteiger partial charge in [-0.25, -0.2) is 0 Å².